The van der Waals surface area contributed by atoms with E-state index < -0.39 is 33.2 Å². The number of halogens is 10. The molecule has 0 saturated carbocycles. The van der Waals surface area contributed by atoms with Crippen LogP contribution >= 0.6 is 105 Å². The van der Waals surface area contributed by atoms with Crippen LogP contribution in [0, 0.1) is 11.6 Å². The summed E-state index contributed by atoms with van der Waals surface area (Å²) in [5.74, 6) is -1.43. The molecule has 76 heavy (non-hydrogen) atoms. The van der Waals surface area contributed by atoms with Gasteiger partial charge in [-0.15, -0.1) is 0 Å². The minimum atomic E-state index is -3.68. The zero-order valence-corrected chi connectivity index (χ0v) is 46.2. The van der Waals surface area contributed by atoms with E-state index in [1.165, 1.54) is 53.2 Å². The molecular formula is C52H34Cl8F2N8O4S2. The Hall–Kier alpha value is -5.76. The van der Waals surface area contributed by atoms with Gasteiger partial charge in [-0.2, -0.15) is 22.0 Å². The van der Waals surface area contributed by atoms with E-state index >= 15 is 0 Å². The van der Waals surface area contributed by atoms with Crippen LogP contribution in [0.25, 0.3) is 34.7 Å². The first-order valence-corrected chi connectivity index (χ1v) is 28.2. The largest absolute Gasteiger partial charge is 0.297 e. The van der Waals surface area contributed by atoms with E-state index in [-0.39, 0.29) is 38.6 Å². The van der Waals surface area contributed by atoms with Crippen molar-refractivity contribution in [1.29, 1.82) is 0 Å². The quantitative estimate of drug-likeness (QED) is 0.0981. The van der Waals surface area contributed by atoms with E-state index in [0.29, 0.717) is 81.2 Å². The first-order valence-electron chi connectivity index (χ1n) is 22.2. The SMILES string of the molecule is O=C(NNc1ccc(Cl)cc1Cl)c1nn(-c2ccc(Cl)cc2Cl)c2c1CS(=O)(=O)C/C2=C\c1ccc(F)cc1.O=C(NNc1ccc(Cl)cc1Cl)c1nn(-c2ccc(Cl)cc2Cl)c2c1CSC/C2=C\c1ccc(F)cc1. The Kier molecular flexibility index (Phi) is 17.0. The molecular weight excluding hydrogens is 1190 g/mol. The third-order valence-corrected chi connectivity index (χ3v) is 16.1. The van der Waals surface area contributed by atoms with Crippen molar-refractivity contribution in [2.75, 3.05) is 22.4 Å². The van der Waals surface area contributed by atoms with Crippen LogP contribution in [-0.4, -0.2) is 51.3 Å². The van der Waals surface area contributed by atoms with E-state index in [1.807, 2.05) is 6.08 Å². The van der Waals surface area contributed by atoms with Crippen molar-refractivity contribution >= 4 is 161 Å². The second kappa shape index (κ2) is 23.5. The fourth-order valence-corrected chi connectivity index (χ4v) is 12.5. The van der Waals surface area contributed by atoms with Crippen LogP contribution in [0.15, 0.2) is 121 Å². The molecule has 0 fully saturated rings. The second-order valence-electron chi connectivity index (χ2n) is 16.7. The number of anilines is 2. The van der Waals surface area contributed by atoms with Crippen molar-refractivity contribution in [3.63, 3.8) is 0 Å². The molecule has 2 amide bonds. The Morgan fingerprint density at radius 3 is 1.37 bits per heavy atom. The number of hydrazine groups is 2. The Labute approximate surface area is 477 Å². The molecule has 24 heteroatoms. The molecule has 0 spiro atoms. The number of carbonyl (C=O) groups excluding carboxylic acids is 2. The van der Waals surface area contributed by atoms with Crippen LogP contribution in [0.5, 0.6) is 0 Å². The van der Waals surface area contributed by atoms with Crippen LogP contribution < -0.4 is 21.7 Å². The van der Waals surface area contributed by atoms with Gasteiger partial charge in [0.05, 0.1) is 65.7 Å². The molecule has 4 heterocycles. The lowest BCUT2D eigenvalue weighted by molar-refractivity contribution is 0.0948. The van der Waals surface area contributed by atoms with Crippen molar-refractivity contribution in [3.05, 3.63) is 218 Å². The molecule has 0 saturated heterocycles. The minimum absolute atomic E-state index is 0.137. The maximum atomic E-state index is 13.5. The fourth-order valence-electron chi connectivity index (χ4n) is 8.05. The average molecular weight is 1220 g/mol. The molecule has 0 radical (unpaired) electrons. The lowest BCUT2D eigenvalue weighted by atomic mass is 10.0. The zero-order chi connectivity index (χ0) is 54.0. The summed E-state index contributed by atoms with van der Waals surface area (Å²) >= 11 is 51.2. The maximum Gasteiger partial charge on any atom is 0.290 e. The first kappa shape index (κ1) is 55.0. The Morgan fingerprint density at radius 2 is 0.921 bits per heavy atom. The smallest absolute Gasteiger partial charge is 0.290 e. The molecule has 2 aromatic heterocycles. The summed E-state index contributed by atoms with van der Waals surface area (Å²) < 4.78 is 56.0. The topological polar surface area (TPSA) is 152 Å². The number of carbonyl (C=O) groups is 2. The fraction of sp³-hybridized carbons (Fsp3) is 0.0769. The normalized spacial score (nSPS) is 14.6. The number of amides is 2. The van der Waals surface area contributed by atoms with Gasteiger partial charge in [-0.1, -0.05) is 117 Å². The number of hydrogen-bond acceptors (Lipinski definition) is 9. The molecule has 10 rings (SSSR count). The van der Waals surface area contributed by atoms with Crippen molar-refractivity contribution < 1.29 is 26.8 Å². The lowest BCUT2D eigenvalue weighted by Crippen LogP contribution is -2.31. The molecule has 2 aliphatic rings. The van der Waals surface area contributed by atoms with Crippen molar-refractivity contribution in [2.45, 2.75) is 11.5 Å². The maximum absolute atomic E-state index is 13.5. The van der Waals surface area contributed by atoms with Gasteiger partial charge in [0.1, 0.15) is 11.6 Å². The van der Waals surface area contributed by atoms with Crippen LogP contribution in [0.4, 0.5) is 20.2 Å². The summed E-state index contributed by atoms with van der Waals surface area (Å²) in [5, 5.41) is 12.2. The van der Waals surface area contributed by atoms with Crippen molar-refractivity contribution in [3.8, 4) is 11.4 Å². The molecule has 2 aliphatic heterocycles. The highest BCUT2D eigenvalue weighted by Gasteiger charge is 2.36. The summed E-state index contributed by atoms with van der Waals surface area (Å²) in [6.45, 7) is 0. The number of fused-ring (bicyclic) bond motifs is 2. The minimum Gasteiger partial charge on any atom is -0.297 e. The standard InChI is InChI=1S/C26H17Cl4FN4O3S.C26H17Cl4FN4OS/c27-16-3-7-22(20(29)10-16)32-33-26(36)24-19-13-39(37,38)12-15(9-14-1-5-18(31)6-2-14)25(19)35(34-24)23-8-4-17(28)11-21(23)30;27-16-3-7-22(20(29)10-16)32-33-26(36)24-19-13-37-12-15(9-14-1-5-18(31)6-2-14)25(19)35(34-24)23-8-4-17(28)11-21(23)30/h1-11,32H,12-13H2,(H,33,36);1-11,32H,12-13H2,(H,33,36)/b2*15-9+. The number of nitrogens with zero attached hydrogens (tertiary/aromatic N) is 4. The summed E-state index contributed by atoms with van der Waals surface area (Å²) in [4.78, 5) is 26.6. The molecule has 0 aliphatic carbocycles. The molecule has 0 unspecified atom stereocenters. The molecule has 4 N–H and O–H groups in total. The molecule has 8 aromatic rings. The lowest BCUT2D eigenvalue weighted by Gasteiger charge is -2.19. The third kappa shape index (κ3) is 12.6. The number of thioether (sulfide) groups is 1. The van der Waals surface area contributed by atoms with Gasteiger partial charge in [0.2, 0.25) is 0 Å². The Balaban J connectivity index is 0.000000186. The molecule has 0 bridgehead atoms. The van der Waals surface area contributed by atoms with Gasteiger partial charge in [0.15, 0.2) is 21.2 Å². The number of sulfone groups is 1. The highest BCUT2D eigenvalue weighted by molar-refractivity contribution is 7.99. The van der Waals surface area contributed by atoms with Crippen molar-refractivity contribution in [1.82, 2.24) is 30.4 Å². The van der Waals surface area contributed by atoms with Crippen LogP contribution in [0.1, 0.15) is 54.6 Å². The molecule has 388 valence electrons. The predicted molar refractivity (Wildman–Crippen MR) is 304 cm³/mol. The Morgan fingerprint density at radius 1 is 0.513 bits per heavy atom. The van der Waals surface area contributed by atoms with E-state index in [4.69, 9.17) is 92.8 Å². The van der Waals surface area contributed by atoms with Gasteiger partial charge in [0, 0.05) is 42.7 Å². The van der Waals surface area contributed by atoms with Gasteiger partial charge >= 0.3 is 0 Å². The van der Waals surface area contributed by atoms with E-state index in [1.54, 1.807) is 95.3 Å². The van der Waals surface area contributed by atoms with Crippen LogP contribution in [0.3, 0.4) is 0 Å². The zero-order valence-electron chi connectivity index (χ0n) is 38.5. The second-order valence-corrected chi connectivity index (χ2v) is 23.2. The Bertz CT molecular complexity index is 3780. The number of rotatable bonds is 10. The first-order chi connectivity index (χ1) is 36.3. The summed E-state index contributed by atoms with van der Waals surface area (Å²) in [6, 6.07) is 31.1. The highest BCUT2D eigenvalue weighted by Crippen LogP contribution is 2.40. The predicted octanol–water partition coefficient (Wildman–Crippen LogP) is 15.0. The highest BCUT2D eigenvalue weighted by atomic mass is 35.5. The van der Waals surface area contributed by atoms with Crippen LogP contribution in [0.2, 0.25) is 40.2 Å². The molecule has 6 aromatic carbocycles. The van der Waals surface area contributed by atoms with Gasteiger partial charge in [-0.25, -0.2) is 26.6 Å². The van der Waals surface area contributed by atoms with E-state index in [9.17, 15) is 26.8 Å². The summed E-state index contributed by atoms with van der Waals surface area (Å²) in [6.07, 6.45) is 3.57. The number of aromatic nitrogens is 4. The van der Waals surface area contributed by atoms with Gasteiger partial charge in [-0.05, 0) is 131 Å². The van der Waals surface area contributed by atoms with Crippen molar-refractivity contribution in [2.24, 2.45) is 0 Å². The van der Waals surface area contributed by atoms with E-state index in [2.05, 4.69) is 31.9 Å². The summed E-state index contributed by atoms with van der Waals surface area (Å²) in [5.41, 5.74) is 17.4. The summed E-state index contributed by atoms with van der Waals surface area (Å²) in [7, 11) is -3.68. The van der Waals surface area contributed by atoms with Gasteiger partial charge in [-0.3, -0.25) is 31.3 Å². The molecule has 12 nitrogen and oxygen atoms in total. The third-order valence-electron chi connectivity index (χ3n) is 11.4. The molecule has 0 atom stereocenters. The van der Waals surface area contributed by atoms with Gasteiger partial charge < -0.3 is 0 Å². The average Bonchev–Trinajstić information content (AvgIpc) is 4.08. The van der Waals surface area contributed by atoms with E-state index in [0.717, 1.165) is 22.4 Å². The monoisotopic (exact) mass is 1220 g/mol. The van der Waals surface area contributed by atoms with Gasteiger partial charge in [0.25, 0.3) is 11.8 Å². The number of benzene rings is 6. The number of nitrogens with one attached hydrogen (secondary N) is 4. The number of hydrogen-bond donors (Lipinski definition) is 4. The van der Waals surface area contributed by atoms with Crippen LogP contribution in [-0.2, 0) is 21.3 Å².